The van der Waals surface area contributed by atoms with Crippen LogP contribution in [0.2, 0.25) is 0 Å². The molecule has 0 aliphatic rings. The summed E-state index contributed by atoms with van der Waals surface area (Å²) in [5.41, 5.74) is 1.14. The molecule has 0 radical (unpaired) electrons. The minimum atomic E-state index is -1.82. The van der Waals surface area contributed by atoms with Gasteiger partial charge in [-0.05, 0) is 48.6 Å². The average molecular weight is 433 g/mol. The summed E-state index contributed by atoms with van der Waals surface area (Å²) < 4.78 is 3.27. The molecule has 0 aliphatic carbocycles. The van der Waals surface area contributed by atoms with Crippen LogP contribution in [-0.4, -0.2) is 28.1 Å². The van der Waals surface area contributed by atoms with Crippen LogP contribution in [0.15, 0.2) is 54.6 Å². The lowest BCUT2D eigenvalue weighted by Crippen LogP contribution is -2.56. The van der Waals surface area contributed by atoms with E-state index in [1.165, 1.54) is 0 Å². The van der Waals surface area contributed by atoms with Gasteiger partial charge in [-0.3, -0.25) is 4.79 Å². The summed E-state index contributed by atoms with van der Waals surface area (Å²) in [4.78, 5) is 12.3. The highest BCUT2D eigenvalue weighted by molar-refractivity contribution is 7.80. The molecular weight excluding hydrogens is 417 g/mol. The van der Waals surface area contributed by atoms with Gasteiger partial charge in [0.25, 0.3) is 5.91 Å². The third-order valence-electron chi connectivity index (χ3n) is 3.26. The molecule has 138 valence electrons. The van der Waals surface area contributed by atoms with Gasteiger partial charge in [0.05, 0.1) is 7.11 Å². The second kappa shape index (κ2) is 9.28. The molecule has 9 heteroatoms. The van der Waals surface area contributed by atoms with E-state index in [0.29, 0.717) is 17.0 Å². The Labute approximate surface area is 172 Å². The first-order chi connectivity index (χ1) is 12.3. The van der Waals surface area contributed by atoms with Crippen molar-refractivity contribution in [1.29, 1.82) is 0 Å². The number of carbonyl (C=O) groups is 1. The van der Waals surface area contributed by atoms with E-state index in [-0.39, 0.29) is 5.11 Å². The molecule has 0 saturated heterocycles. The van der Waals surface area contributed by atoms with Crippen LogP contribution in [-0.2, 0) is 0 Å². The number of alkyl halides is 3. The monoisotopic (exact) mass is 431 g/mol. The molecule has 1 atom stereocenters. The fourth-order valence-electron chi connectivity index (χ4n) is 1.98. The maximum Gasteiger partial charge on any atom is 0.252 e. The first-order valence-electron chi connectivity index (χ1n) is 7.44. The van der Waals surface area contributed by atoms with Crippen molar-refractivity contribution < 1.29 is 9.53 Å². The SMILES string of the molecule is COc1ccc(NC(=S)N[C@H](NC(=O)c2ccccc2)C(Cl)(Cl)Cl)cc1. The van der Waals surface area contributed by atoms with E-state index in [1.54, 1.807) is 61.7 Å². The molecule has 26 heavy (non-hydrogen) atoms. The maximum absolute atomic E-state index is 12.3. The van der Waals surface area contributed by atoms with Crippen molar-refractivity contribution in [2.24, 2.45) is 0 Å². The Morgan fingerprint density at radius 3 is 2.19 bits per heavy atom. The number of ether oxygens (including phenoxy) is 1. The lowest BCUT2D eigenvalue weighted by Gasteiger charge is -2.27. The summed E-state index contributed by atoms with van der Waals surface area (Å²) in [7, 11) is 1.58. The summed E-state index contributed by atoms with van der Waals surface area (Å²) in [6.45, 7) is 0. The third kappa shape index (κ3) is 6.21. The van der Waals surface area contributed by atoms with Gasteiger partial charge < -0.3 is 20.7 Å². The molecule has 3 N–H and O–H groups in total. The molecule has 0 heterocycles. The van der Waals surface area contributed by atoms with Crippen molar-refractivity contribution in [2.75, 3.05) is 12.4 Å². The summed E-state index contributed by atoms with van der Waals surface area (Å²) >= 11 is 23.1. The second-order valence-corrected chi connectivity index (χ2v) is 7.92. The van der Waals surface area contributed by atoms with Crippen LogP contribution >= 0.6 is 47.0 Å². The molecule has 0 fully saturated rings. The molecule has 0 bridgehead atoms. The second-order valence-electron chi connectivity index (χ2n) is 5.14. The zero-order chi connectivity index (χ0) is 19.2. The number of hydrogen-bond acceptors (Lipinski definition) is 3. The first kappa shape index (κ1) is 20.6. The van der Waals surface area contributed by atoms with Crippen molar-refractivity contribution in [3.63, 3.8) is 0 Å². The van der Waals surface area contributed by atoms with Gasteiger partial charge >= 0.3 is 0 Å². The van der Waals surface area contributed by atoms with Gasteiger partial charge in [-0.1, -0.05) is 53.0 Å². The van der Waals surface area contributed by atoms with Gasteiger partial charge in [-0.15, -0.1) is 0 Å². The number of amides is 1. The van der Waals surface area contributed by atoms with Gasteiger partial charge in [0.2, 0.25) is 3.79 Å². The molecule has 0 saturated carbocycles. The standard InChI is InChI=1S/C17H16Cl3N3O2S/c1-25-13-9-7-12(8-10-13)21-16(26)23-15(17(18,19)20)22-14(24)11-5-3-2-4-6-11/h2-10,15H,1H3,(H,22,24)(H2,21,23,26)/t15-/m0/s1. The Hall–Kier alpha value is -1.73. The quantitative estimate of drug-likeness (QED) is 0.377. The van der Waals surface area contributed by atoms with Crippen LogP contribution in [0, 0.1) is 0 Å². The fourth-order valence-corrected chi connectivity index (χ4v) is 2.54. The van der Waals surface area contributed by atoms with Crippen LogP contribution in [0.3, 0.4) is 0 Å². The van der Waals surface area contributed by atoms with Crippen molar-refractivity contribution >= 4 is 63.7 Å². The lowest BCUT2D eigenvalue weighted by molar-refractivity contribution is 0.0934. The van der Waals surface area contributed by atoms with Crippen molar-refractivity contribution in [3.8, 4) is 5.75 Å². The normalized spacial score (nSPS) is 12.0. The molecule has 0 unspecified atom stereocenters. The number of anilines is 1. The average Bonchev–Trinajstić information content (AvgIpc) is 2.61. The Morgan fingerprint density at radius 1 is 1.04 bits per heavy atom. The van der Waals surface area contributed by atoms with E-state index >= 15 is 0 Å². The largest absolute Gasteiger partial charge is 0.497 e. The number of nitrogens with one attached hydrogen (secondary N) is 3. The molecular formula is C17H16Cl3N3O2S. The van der Waals surface area contributed by atoms with Crippen LogP contribution in [0.5, 0.6) is 5.75 Å². The van der Waals surface area contributed by atoms with E-state index in [0.717, 1.165) is 0 Å². The van der Waals surface area contributed by atoms with Crippen molar-refractivity contribution in [2.45, 2.75) is 9.96 Å². The molecule has 2 aromatic carbocycles. The highest BCUT2D eigenvalue weighted by atomic mass is 35.6. The number of halogens is 3. The van der Waals surface area contributed by atoms with Crippen LogP contribution in [0.4, 0.5) is 5.69 Å². The number of carbonyl (C=O) groups excluding carboxylic acids is 1. The van der Waals surface area contributed by atoms with Crippen molar-refractivity contribution in [3.05, 3.63) is 60.2 Å². The highest BCUT2D eigenvalue weighted by Crippen LogP contribution is 2.29. The van der Waals surface area contributed by atoms with Gasteiger partial charge in [0.1, 0.15) is 11.9 Å². The van der Waals surface area contributed by atoms with Crippen LogP contribution in [0.1, 0.15) is 10.4 Å². The molecule has 0 aliphatic heterocycles. The van der Waals surface area contributed by atoms with E-state index < -0.39 is 15.9 Å². The number of hydrogen-bond donors (Lipinski definition) is 3. The van der Waals surface area contributed by atoms with Gasteiger partial charge in [0, 0.05) is 11.3 Å². The van der Waals surface area contributed by atoms with Crippen LogP contribution in [0.25, 0.3) is 0 Å². The Morgan fingerprint density at radius 2 is 1.65 bits per heavy atom. The minimum Gasteiger partial charge on any atom is -0.497 e. The molecule has 5 nitrogen and oxygen atoms in total. The molecule has 2 aromatic rings. The summed E-state index contributed by atoms with van der Waals surface area (Å²) in [6, 6.07) is 15.7. The zero-order valence-electron chi connectivity index (χ0n) is 13.6. The van der Waals surface area contributed by atoms with Crippen LogP contribution < -0.4 is 20.7 Å². The molecule has 2 rings (SSSR count). The zero-order valence-corrected chi connectivity index (χ0v) is 16.7. The summed E-state index contributed by atoms with van der Waals surface area (Å²) in [6.07, 6.45) is -1.04. The highest BCUT2D eigenvalue weighted by Gasteiger charge is 2.34. The topological polar surface area (TPSA) is 62.4 Å². The Kier molecular flexibility index (Phi) is 7.34. The number of thiocarbonyl (C=S) groups is 1. The van der Waals surface area contributed by atoms with Crippen molar-refractivity contribution in [1.82, 2.24) is 10.6 Å². The maximum atomic E-state index is 12.3. The first-order valence-corrected chi connectivity index (χ1v) is 8.98. The van der Waals surface area contributed by atoms with Gasteiger partial charge in [-0.25, -0.2) is 0 Å². The number of rotatable bonds is 5. The number of benzene rings is 2. The van der Waals surface area contributed by atoms with Gasteiger partial charge in [-0.2, -0.15) is 0 Å². The van der Waals surface area contributed by atoms with E-state index in [9.17, 15) is 4.79 Å². The van der Waals surface area contributed by atoms with Gasteiger partial charge in [0.15, 0.2) is 5.11 Å². The smallest absolute Gasteiger partial charge is 0.252 e. The molecule has 0 aromatic heterocycles. The predicted octanol–water partition coefficient (Wildman–Crippen LogP) is 4.11. The summed E-state index contributed by atoms with van der Waals surface area (Å²) in [5.74, 6) is 0.311. The Bertz CT molecular complexity index is 752. The molecule has 1 amide bonds. The predicted molar refractivity (Wildman–Crippen MR) is 110 cm³/mol. The third-order valence-corrected chi connectivity index (χ3v) is 4.14. The summed E-state index contributed by atoms with van der Waals surface area (Å²) in [5, 5.41) is 8.54. The number of methoxy groups -OCH3 is 1. The van der Waals surface area contributed by atoms with E-state index in [1.807, 2.05) is 0 Å². The minimum absolute atomic E-state index is 0.180. The lowest BCUT2D eigenvalue weighted by atomic mass is 10.2. The molecule has 0 spiro atoms. The Balaban J connectivity index is 2.02. The fraction of sp³-hybridized carbons (Fsp3) is 0.176. The van der Waals surface area contributed by atoms with E-state index in [4.69, 9.17) is 51.8 Å². The van der Waals surface area contributed by atoms with E-state index in [2.05, 4.69) is 16.0 Å².